The molecular weight excluding hydrogens is 206 g/mol. The first kappa shape index (κ1) is 15.3. The topological polar surface area (TPSA) is 12.5 Å². The molecular formula is C12H27NOS. The molecule has 2 nitrogen and oxygen atoms in total. The molecule has 92 valence electrons. The van der Waals surface area contributed by atoms with Gasteiger partial charge in [0.05, 0.1) is 0 Å². The van der Waals surface area contributed by atoms with E-state index in [0.717, 1.165) is 38.5 Å². The summed E-state index contributed by atoms with van der Waals surface area (Å²) >= 11 is 4.20. The second-order valence-corrected chi connectivity index (χ2v) is 4.50. The normalized spacial score (nSPS) is 11.2. The van der Waals surface area contributed by atoms with Crippen LogP contribution in [-0.4, -0.2) is 44.0 Å². The maximum absolute atomic E-state index is 5.56. The molecule has 0 heterocycles. The number of unbranched alkanes of at least 4 members (excludes halogenated alkanes) is 3. The van der Waals surface area contributed by atoms with Crippen molar-refractivity contribution in [3.8, 4) is 0 Å². The van der Waals surface area contributed by atoms with E-state index in [1.807, 2.05) is 0 Å². The Morgan fingerprint density at radius 1 is 1.00 bits per heavy atom. The zero-order chi connectivity index (χ0) is 11.4. The molecule has 0 spiro atoms. The van der Waals surface area contributed by atoms with Crippen LogP contribution < -0.4 is 0 Å². The zero-order valence-corrected chi connectivity index (χ0v) is 11.3. The van der Waals surface area contributed by atoms with Gasteiger partial charge in [-0.15, -0.1) is 0 Å². The Balaban J connectivity index is 2.98. The summed E-state index contributed by atoms with van der Waals surface area (Å²) in [4.78, 5) is 2.30. The van der Waals surface area contributed by atoms with Gasteiger partial charge in [-0.25, -0.2) is 0 Å². The van der Waals surface area contributed by atoms with E-state index in [-0.39, 0.29) is 0 Å². The van der Waals surface area contributed by atoms with Gasteiger partial charge in [0.25, 0.3) is 0 Å². The lowest BCUT2D eigenvalue weighted by atomic mass is 10.2. The van der Waals surface area contributed by atoms with Crippen LogP contribution in [0.3, 0.4) is 0 Å². The van der Waals surface area contributed by atoms with Gasteiger partial charge in [0.1, 0.15) is 0 Å². The molecule has 0 fully saturated rings. The summed E-state index contributed by atoms with van der Waals surface area (Å²) in [5.74, 6) is 0.939. The predicted molar refractivity (Wildman–Crippen MR) is 70.9 cm³/mol. The number of nitrogens with zero attached hydrogens (tertiary/aromatic N) is 1. The molecule has 0 aliphatic carbocycles. The number of hydrogen-bond acceptors (Lipinski definition) is 3. The molecule has 0 amide bonds. The highest BCUT2D eigenvalue weighted by molar-refractivity contribution is 7.80. The summed E-state index contributed by atoms with van der Waals surface area (Å²) < 4.78 is 5.56. The van der Waals surface area contributed by atoms with Crippen LogP contribution in [0.1, 0.15) is 39.0 Å². The van der Waals surface area contributed by atoms with Gasteiger partial charge in [-0.1, -0.05) is 26.2 Å². The van der Waals surface area contributed by atoms with Crippen LogP contribution in [0.4, 0.5) is 0 Å². The van der Waals surface area contributed by atoms with Gasteiger partial charge in [0.2, 0.25) is 0 Å². The number of hydrogen-bond donors (Lipinski definition) is 1. The molecule has 0 N–H and O–H groups in total. The van der Waals surface area contributed by atoms with Crippen LogP contribution in [-0.2, 0) is 4.74 Å². The average Bonchev–Trinajstić information content (AvgIpc) is 2.22. The second-order valence-electron chi connectivity index (χ2n) is 4.05. The van der Waals surface area contributed by atoms with Crippen molar-refractivity contribution >= 4 is 12.6 Å². The van der Waals surface area contributed by atoms with Crippen molar-refractivity contribution in [3.63, 3.8) is 0 Å². The van der Waals surface area contributed by atoms with Crippen molar-refractivity contribution in [1.82, 2.24) is 4.90 Å². The van der Waals surface area contributed by atoms with E-state index in [4.69, 9.17) is 4.74 Å². The molecule has 3 heteroatoms. The van der Waals surface area contributed by atoms with Crippen molar-refractivity contribution in [2.24, 2.45) is 0 Å². The third-order valence-electron chi connectivity index (χ3n) is 2.45. The Labute approximate surface area is 101 Å². The van der Waals surface area contributed by atoms with Crippen molar-refractivity contribution < 1.29 is 4.74 Å². The quantitative estimate of drug-likeness (QED) is 0.435. The summed E-state index contributed by atoms with van der Waals surface area (Å²) in [6, 6.07) is 0. The van der Waals surface area contributed by atoms with Gasteiger partial charge < -0.3 is 9.64 Å². The molecule has 0 aliphatic heterocycles. The third-order valence-corrected chi connectivity index (χ3v) is 2.65. The van der Waals surface area contributed by atoms with Gasteiger partial charge >= 0.3 is 0 Å². The predicted octanol–water partition coefficient (Wildman–Crippen LogP) is 2.84. The van der Waals surface area contributed by atoms with Crippen LogP contribution >= 0.6 is 12.6 Å². The zero-order valence-electron chi connectivity index (χ0n) is 10.4. The Morgan fingerprint density at radius 2 is 1.73 bits per heavy atom. The number of rotatable bonds is 11. The van der Waals surface area contributed by atoms with Crippen LogP contribution in [0, 0.1) is 0 Å². The molecule has 0 bridgehead atoms. The molecule has 0 atom stereocenters. The molecule has 0 aromatic carbocycles. The van der Waals surface area contributed by atoms with E-state index < -0.39 is 0 Å². The van der Waals surface area contributed by atoms with Gasteiger partial charge in [-0.3, -0.25) is 0 Å². The SMILES string of the molecule is CCCCCCOCCCN(C)CCS. The molecule has 0 saturated heterocycles. The summed E-state index contributed by atoms with van der Waals surface area (Å²) in [5, 5.41) is 0. The van der Waals surface area contributed by atoms with Crippen molar-refractivity contribution in [2.75, 3.05) is 39.1 Å². The van der Waals surface area contributed by atoms with Crippen molar-refractivity contribution in [1.29, 1.82) is 0 Å². The highest BCUT2D eigenvalue weighted by atomic mass is 32.1. The van der Waals surface area contributed by atoms with E-state index >= 15 is 0 Å². The standard InChI is InChI=1S/C12H27NOS/c1-3-4-5-6-10-14-11-7-8-13(2)9-12-15/h15H,3-12H2,1-2H3. The molecule has 15 heavy (non-hydrogen) atoms. The Kier molecular flexibility index (Phi) is 12.6. The maximum Gasteiger partial charge on any atom is 0.0478 e. The van der Waals surface area contributed by atoms with Crippen LogP contribution in [0.25, 0.3) is 0 Å². The number of ether oxygens (including phenoxy) is 1. The lowest BCUT2D eigenvalue weighted by Gasteiger charge is -2.14. The molecule has 0 aromatic rings. The molecule has 0 saturated carbocycles. The van der Waals surface area contributed by atoms with Gasteiger partial charge in [-0.2, -0.15) is 12.6 Å². The monoisotopic (exact) mass is 233 g/mol. The highest BCUT2D eigenvalue weighted by Crippen LogP contribution is 1.99. The molecule has 0 radical (unpaired) electrons. The third kappa shape index (κ3) is 12.2. The van der Waals surface area contributed by atoms with Crippen molar-refractivity contribution in [3.05, 3.63) is 0 Å². The summed E-state index contributed by atoms with van der Waals surface area (Å²) in [6.45, 7) is 6.27. The van der Waals surface area contributed by atoms with Crippen LogP contribution in [0.2, 0.25) is 0 Å². The summed E-state index contributed by atoms with van der Waals surface area (Å²) in [6.07, 6.45) is 6.32. The minimum Gasteiger partial charge on any atom is -0.381 e. The summed E-state index contributed by atoms with van der Waals surface area (Å²) in [5.41, 5.74) is 0. The minimum atomic E-state index is 0.906. The van der Waals surface area contributed by atoms with E-state index in [0.29, 0.717) is 0 Å². The first-order valence-corrected chi connectivity index (χ1v) is 6.81. The van der Waals surface area contributed by atoms with Crippen LogP contribution in [0.5, 0.6) is 0 Å². The van der Waals surface area contributed by atoms with E-state index in [1.54, 1.807) is 0 Å². The van der Waals surface area contributed by atoms with E-state index in [1.165, 1.54) is 25.7 Å². The largest absolute Gasteiger partial charge is 0.381 e. The first-order valence-electron chi connectivity index (χ1n) is 6.18. The van der Waals surface area contributed by atoms with Crippen LogP contribution in [0.15, 0.2) is 0 Å². The first-order chi connectivity index (χ1) is 7.31. The van der Waals surface area contributed by atoms with E-state index in [2.05, 4.69) is 31.5 Å². The summed E-state index contributed by atoms with van der Waals surface area (Å²) in [7, 11) is 2.14. The molecule has 0 aromatic heterocycles. The van der Waals surface area contributed by atoms with Gasteiger partial charge in [-0.05, 0) is 19.9 Å². The smallest absolute Gasteiger partial charge is 0.0478 e. The van der Waals surface area contributed by atoms with E-state index in [9.17, 15) is 0 Å². The number of thiol groups is 1. The fraction of sp³-hybridized carbons (Fsp3) is 1.00. The molecule has 0 rings (SSSR count). The van der Waals surface area contributed by atoms with Gasteiger partial charge in [0, 0.05) is 32.1 Å². The Morgan fingerprint density at radius 3 is 2.40 bits per heavy atom. The van der Waals surface area contributed by atoms with Crippen molar-refractivity contribution in [2.45, 2.75) is 39.0 Å². The van der Waals surface area contributed by atoms with Gasteiger partial charge in [0.15, 0.2) is 0 Å². The highest BCUT2D eigenvalue weighted by Gasteiger charge is 1.96. The molecule has 0 unspecified atom stereocenters. The Hall–Kier alpha value is 0.270. The minimum absolute atomic E-state index is 0.906. The maximum atomic E-state index is 5.56. The fourth-order valence-electron chi connectivity index (χ4n) is 1.45. The lowest BCUT2D eigenvalue weighted by Crippen LogP contribution is -2.22. The molecule has 0 aliphatic rings. The second kappa shape index (κ2) is 12.3. The Bertz CT molecular complexity index is 122. The average molecular weight is 233 g/mol. The lowest BCUT2D eigenvalue weighted by molar-refractivity contribution is 0.120. The fourth-order valence-corrected chi connectivity index (χ4v) is 1.79.